The summed E-state index contributed by atoms with van der Waals surface area (Å²) in [5, 5.41) is 0. The van der Waals surface area contributed by atoms with Crippen LogP contribution in [0.2, 0.25) is 4.34 Å². The molecule has 0 spiro atoms. The molecule has 1 aromatic heterocycles. The van der Waals surface area contributed by atoms with E-state index >= 15 is 0 Å². The Bertz CT molecular complexity index is 404. The number of alkyl halides is 3. The lowest BCUT2D eigenvalue weighted by Crippen LogP contribution is -2.44. The quantitative estimate of drug-likeness (QED) is 0.817. The van der Waals surface area contributed by atoms with Crippen molar-refractivity contribution in [2.24, 2.45) is 11.7 Å². The Morgan fingerprint density at radius 2 is 2.12 bits per heavy atom. The summed E-state index contributed by atoms with van der Waals surface area (Å²) >= 11 is 7.09. The van der Waals surface area contributed by atoms with E-state index in [9.17, 15) is 13.2 Å². The van der Waals surface area contributed by atoms with Crippen molar-refractivity contribution in [2.45, 2.75) is 37.4 Å². The zero-order chi connectivity index (χ0) is 12.7. The molecule has 1 aromatic rings. The second-order valence-corrected chi connectivity index (χ2v) is 6.31. The summed E-state index contributed by atoms with van der Waals surface area (Å²) in [6, 6.07) is 3.43. The molecule has 2 unspecified atom stereocenters. The molecule has 96 valence electrons. The lowest BCUT2D eigenvalue weighted by atomic mass is 9.75. The van der Waals surface area contributed by atoms with Crippen LogP contribution in [-0.2, 0) is 5.54 Å². The van der Waals surface area contributed by atoms with Crippen LogP contribution >= 0.6 is 22.9 Å². The van der Waals surface area contributed by atoms with Crippen LogP contribution in [0.4, 0.5) is 13.2 Å². The van der Waals surface area contributed by atoms with Gasteiger partial charge >= 0.3 is 6.18 Å². The smallest absolute Gasteiger partial charge is 0.321 e. The maximum Gasteiger partial charge on any atom is 0.391 e. The number of thiophene rings is 1. The molecule has 0 aliphatic heterocycles. The molecule has 0 aromatic carbocycles. The number of hydrogen-bond acceptors (Lipinski definition) is 2. The van der Waals surface area contributed by atoms with Crippen molar-refractivity contribution in [1.29, 1.82) is 0 Å². The summed E-state index contributed by atoms with van der Waals surface area (Å²) in [5.74, 6) is -1.29. The minimum atomic E-state index is -4.15. The molecule has 1 aliphatic rings. The Kier molecular flexibility index (Phi) is 3.45. The van der Waals surface area contributed by atoms with Gasteiger partial charge in [-0.2, -0.15) is 13.2 Å². The molecule has 2 N–H and O–H groups in total. The summed E-state index contributed by atoms with van der Waals surface area (Å²) in [6.45, 7) is 0. The summed E-state index contributed by atoms with van der Waals surface area (Å²) in [6.07, 6.45) is -2.90. The van der Waals surface area contributed by atoms with E-state index < -0.39 is 17.6 Å². The second kappa shape index (κ2) is 4.44. The highest BCUT2D eigenvalue weighted by Crippen LogP contribution is 2.46. The van der Waals surface area contributed by atoms with Crippen molar-refractivity contribution in [2.75, 3.05) is 0 Å². The first-order chi connectivity index (χ1) is 7.81. The minimum absolute atomic E-state index is 0.0344. The monoisotopic (exact) mass is 283 g/mol. The first kappa shape index (κ1) is 13.2. The number of halogens is 4. The first-order valence-corrected chi connectivity index (χ1v) is 6.62. The SMILES string of the molecule is NC1(c2ccc(Cl)s2)CCCC(C(F)(F)F)C1. The molecule has 1 aliphatic carbocycles. The molecule has 2 rings (SSSR count). The highest BCUT2D eigenvalue weighted by molar-refractivity contribution is 7.16. The third-order valence-electron chi connectivity index (χ3n) is 3.31. The molecule has 0 saturated heterocycles. The summed E-state index contributed by atoms with van der Waals surface area (Å²) < 4.78 is 38.8. The Hall–Kier alpha value is -0.260. The van der Waals surface area contributed by atoms with Gasteiger partial charge in [-0.1, -0.05) is 18.0 Å². The molecule has 1 fully saturated rings. The van der Waals surface area contributed by atoms with Crippen LogP contribution in [0.1, 0.15) is 30.6 Å². The molecule has 6 heteroatoms. The maximum absolute atomic E-state index is 12.7. The normalized spacial score (nSPS) is 30.5. The van der Waals surface area contributed by atoms with Crippen molar-refractivity contribution in [3.05, 3.63) is 21.3 Å². The van der Waals surface area contributed by atoms with E-state index in [2.05, 4.69) is 0 Å². The molecule has 0 amide bonds. The van der Waals surface area contributed by atoms with Gasteiger partial charge in [-0.15, -0.1) is 11.3 Å². The predicted molar refractivity (Wildman–Crippen MR) is 63.2 cm³/mol. The second-order valence-electron chi connectivity index (χ2n) is 4.59. The van der Waals surface area contributed by atoms with Gasteiger partial charge in [0.1, 0.15) is 0 Å². The van der Waals surface area contributed by atoms with E-state index in [1.807, 2.05) is 0 Å². The van der Waals surface area contributed by atoms with Gasteiger partial charge in [-0.05, 0) is 31.4 Å². The highest BCUT2D eigenvalue weighted by Gasteiger charge is 2.47. The van der Waals surface area contributed by atoms with E-state index in [-0.39, 0.29) is 12.8 Å². The first-order valence-electron chi connectivity index (χ1n) is 5.43. The molecular weight excluding hydrogens is 271 g/mol. The summed E-state index contributed by atoms with van der Waals surface area (Å²) in [7, 11) is 0. The zero-order valence-electron chi connectivity index (χ0n) is 9.06. The van der Waals surface area contributed by atoms with Crippen LogP contribution in [0.25, 0.3) is 0 Å². The average molecular weight is 284 g/mol. The minimum Gasteiger partial charge on any atom is -0.321 e. The van der Waals surface area contributed by atoms with Crippen LogP contribution in [0, 0.1) is 5.92 Å². The molecular formula is C11H13ClF3NS. The fraction of sp³-hybridized carbons (Fsp3) is 0.636. The fourth-order valence-electron chi connectivity index (χ4n) is 2.39. The predicted octanol–water partition coefficient (Wildman–Crippen LogP) is 4.31. The van der Waals surface area contributed by atoms with Crippen LogP contribution in [0.3, 0.4) is 0 Å². The van der Waals surface area contributed by atoms with Gasteiger partial charge in [-0.3, -0.25) is 0 Å². The van der Waals surface area contributed by atoms with Crippen molar-refractivity contribution in [1.82, 2.24) is 0 Å². The van der Waals surface area contributed by atoms with Gasteiger partial charge in [0.25, 0.3) is 0 Å². The molecule has 17 heavy (non-hydrogen) atoms. The largest absolute Gasteiger partial charge is 0.391 e. The third-order valence-corrected chi connectivity index (χ3v) is 4.76. The van der Waals surface area contributed by atoms with Gasteiger partial charge in [0, 0.05) is 4.88 Å². The molecule has 0 radical (unpaired) electrons. The van der Waals surface area contributed by atoms with Crippen molar-refractivity contribution in [3.63, 3.8) is 0 Å². The van der Waals surface area contributed by atoms with Gasteiger partial charge in [0.15, 0.2) is 0 Å². The lowest BCUT2D eigenvalue weighted by molar-refractivity contribution is -0.187. The number of hydrogen-bond donors (Lipinski definition) is 1. The lowest BCUT2D eigenvalue weighted by Gasteiger charge is -2.38. The topological polar surface area (TPSA) is 26.0 Å². The van der Waals surface area contributed by atoms with Crippen LogP contribution in [0.15, 0.2) is 12.1 Å². The van der Waals surface area contributed by atoms with Gasteiger partial charge in [0.2, 0.25) is 0 Å². The summed E-state index contributed by atoms with van der Waals surface area (Å²) in [4.78, 5) is 0.761. The Balaban J connectivity index is 2.21. The molecule has 1 nitrogen and oxygen atoms in total. The third kappa shape index (κ3) is 2.77. The van der Waals surface area contributed by atoms with Crippen LogP contribution < -0.4 is 5.73 Å². The van der Waals surface area contributed by atoms with Crippen molar-refractivity contribution >= 4 is 22.9 Å². The average Bonchev–Trinajstić information content (AvgIpc) is 2.64. The molecule has 1 heterocycles. The molecule has 1 saturated carbocycles. The van der Waals surface area contributed by atoms with Gasteiger partial charge < -0.3 is 5.73 Å². The Morgan fingerprint density at radius 1 is 1.41 bits per heavy atom. The number of rotatable bonds is 1. The van der Waals surface area contributed by atoms with E-state index in [0.717, 1.165) is 4.88 Å². The van der Waals surface area contributed by atoms with E-state index in [1.54, 1.807) is 12.1 Å². The van der Waals surface area contributed by atoms with Gasteiger partial charge in [-0.25, -0.2) is 0 Å². The standard InChI is InChI=1S/C11H13ClF3NS/c12-9-4-3-8(17-9)10(16)5-1-2-7(6-10)11(13,14)15/h3-4,7H,1-2,5-6,16H2. The van der Waals surface area contributed by atoms with Crippen LogP contribution in [-0.4, -0.2) is 6.18 Å². The van der Waals surface area contributed by atoms with Crippen LogP contribution in [0.5, 0.6) is 0 Å². The fourth-order valence-corrected chi connectivity index (χ4v) is 3.58. The Morgan fingerprint density at radius 3 is 2.65 bits per heavy atom. The van der Waals surface area contributed by atoms with Crippen molar-refractivity contribution in [3.8, 4) is 0 Å². The molecule has 2 atom stereocenters. The summed E-state index contributed by atoms with van der Waals surface area (Å²) in [5.41, 5.74) is 5.27. The highest BCUT2D eigenvalue weighted by atomic mass is 35.5. The zero-order valence-corrected chi connectivity index (χ0v) is 10.6. The molecule has 0 bridgehead atoms. The van der Waals surface area contributed by atoms with E-state index in [0.29, 0.717) is 17.2 Å². The van der Waals surface area contributed by atoms with E-state index in [1.165, 1.54) is 11.3 Å². The van der Waals surface area contributed by atoms with Gasteiger partial charge in [0.05, 0.1) is 15.8 Å². The Labute approximate surface area is 107 Å². The van der Waals surface area contributed by atoms with Crippen molar-refractivity contribution < 1.29 is 13.2 Å². The maximum atomic E-state index is 12.7. The van der Waals surface area contributed by atoms with E-state index in [4.69, 9.17) is 17.3 Å². The number of nitrogens with two attached hydrogens (primary N) is 1.